The van der Waals surface area contributed by atoms with Crippen molar-refractivity contribution in [2.45, 2.75) is 18.9 Å². The average Bonchev–Trinajstić information content (AvgIpc) is 2.32. The van der Waals surface area contributed by atoms with Gasteiger partial charge in [0, 0.05) is 11.3 Å². The number of fused-ring (bicyclic) bond motifs is 1. The van der Waals surface area contributed by atoms with Crippen LogP contribution in [0.4, 0.5) is 0 Å². The molecule has 1 heterocycles. The molecule has 11 heavy (non-hydrogen) atoms. The number of hydrogen-bond donors (Lipinski definition) is 1. The Morgan fingerprint density at radius 3 is 3.18 bits per heavy atom. The van der Waals surface area contributed by atoms with Crippen LogP contribution in [-0.4, -0.2) is 10.1 Å². The molecule has 1 N–H and O–H groups in total. The van der Waals surface area contributed by atoms with Crippen molar-refractivity contribution in [3.63, 3.8) is 0 Å². The van der Waals surface area contributed by atoms with Gasteiger partial charge in [-0.3, -0.25) is 0 Å². The van der Waals surface area contributed by atoms with Crippen LogP contribution in [0.1, 0.15) is 23.8 Å². The molecule has 0 radical (unpaired) electrons. The highest BCUT2D eigenvalue weighted by molar-refractivity contribution is 9.10. The lowest BCUT2D eigenvalue weighted by atomic mass is 10.2. The highest BCUT2D eigenvalue weighted by Gasteiger charge is 2.20. The van der Waals surface area contributed by atoms with Crippen molar-refractivity contribution in [1.29, 1.82) is 0 Å². The molecule has 2 nitrogen and oxygen atoms in total. The van der Waals surface area contributed by atoms with Gasteiger partial charge in [0.1, 0.15) is 4.60 Å². The van der Waals surface area contributed by atoms with Gasteiger partial charge in [-0.05, 0) is 34.8 Å². The average molecular weight is 214 g/mol. The van der Waals surface area contributed by atoms with E-state index in [1.807, 2.05) is 12.1 Å². The van der Waals surface area contributed by atoms with E-state index >= 15 is 0 Å². The van der Waals surface area contributed by atoms with Crippen LogP contribution in [0.15, 0.2) is 16.7 Å². The summed E-state index contributed by atoms with van der Waals surface area (Å²) in [5, 5.41) is 9.42. The Hall–Kier alpha value is -0.410. The number of nitrogens with zero attached hydrogens (tertiary/aromatic N) is 1. The third-order valence-electron chi connectivity index (χ3n) is 1.99. The molecular formula is C8H8BrNO. The second-order valence-corrected chi connectivity index (χ2v) is 3.54. The topological polar surface area (TPSA) is 33.1 Å². The predicted molar refractivity (Wildman–Crippen MR) is 45.2 cm³/mol. The maximum absolute atomic E-state index is 9.42. The van der Waals surface area contributed by atoms with Crippen molar-refractivity contribution in [1.82, 2.24) is 4.98 Å². The van der Waals surface area contributed by atoms with E-state index in [4.69, 9.17) is 0 Å². The molecule has 0 bridgehead atoms. The fourth-order valence-electron chi connectivity index (χ4n) is 1.42. The second-order valence-electron chi connectivity index (χ2n) is 2.72. The van der Waals surface area contributed by atoms with Gasteiger partial charge in [-0.15, -0.1) is 0 Å². The standard InChI is InChI=1S/C8H8BrNO/c9-8-4-1-5-6(10-8)2-3-7(5)11/h1,4,7,11H,2-3H2. The number of rotatable bonds is 0. The van der Waals surface area contributed by atoms with Crippen LogP contribution in [0.5, 0.6) is 0 Å². The molecule has 1 unspecified atom stereocenters. The predicted octanol–water partition coefficient (Wildman–Crippen LogP) is 1.82. The van der Waals surface area contributed by atoms with Gasteiger partial charge in [0.2, 0.25) is 0 Å². The van der Waals surface area contributed by atoms with E-state index in [9.17, 15) is 5.11 Å². The smallest absolute Gasteiger partial charge is 0.106 e. The zero-order valence-electron chi connectivity index (χ0n) is 5.92. The number of aliphatic hydroxyl groups is 1. The number of halogens is 1. The summed E-state index contributed by atoms with van der Waals surface area (Å²) in [5.41, 5.74) is 2.03. The number of aliphatic hydroxyl groups excluding tert-OH is 1. The minimum atomic E-state index is -0.286. The molecule has 1 aliphatic carbocycles. The van der Waals surface area contributed by atoms with E-state index in [-0.39, 0.29) is 6.10 Å². The normalized spacial score (nSPS) is 21.8. The zero-order chi connectivity index (χ0) is 7.84. The maximum atomic E-state index is 9.42. The molecule has 58 valence electrons. The summed E-state index contributed by atoms with van der Waals surface area (Å²) in [5.74, 6) is 0. The van der Waals surface area contributed by atoms with Crippen molar-refractivity contribution in [2.24, 2.45) is 0 Å². The number of aromatic nitrogens is 1. The van der Waals surface area contributed by atoms with E-state index in [0.29, 0.717) is 0 Å². The lowest BCUT2D eigenvalue weighted by Gasteiger charge is -2.01. The SMILES string of the molecule is OC1CCc2nc(Br)ccc21. The molecule has 0 saturated heterocycles. The van der Waals surface area contributed by atoms with Crippen molar-refractivity contribution >= 4 is 15.9 Å². The molecule has 0 amide bonds. The number of hydrogen-bond acceptors (Lipinski definition) is 2. The van der Waals surface area contributed by atoms with E-state index in [0.717, 1.165) is 28.7 Å². The maximum Gasteiger partial charge on any atom is 0.106 e. The molecule has 1 aromatic rings. The van der Waals surface area contributed by atoms with Crippen LogP contribution < -0.4 is 0 Å². The van der Waals surface area contributed by atoms with Crippen LogP contribution in [0.3, 0.4) is 0 Å². The molecule has 1 atom stereocenters. The molecular weight excluding hydrogens is 206 g/mol. The van der Waals surface area contributed by atoms with Gasteiger partial charge in [0.15, 0.2) is 0 Å². The Kier molecular flexibility index (Phi) is 1.69. The summed E-state index contributed by atoms with van der Waals surface area (Å²) < 4.78 is 0.852. The summed E-state index contributed by atoms with van der Waals surface area (Å²) in [6.07, 6.45) is 1.43. The third kappa shape index (κ3) is 1.19. The van der Waals surface area contributed by atoms with Gasteiger partial charge in [0.05, 0.1) is 6.10 Å². The molecule has 1 aliphatic rings. The van der Waals surface area contributed by atoms with Crippen LogP contribution in [0.25, 0.3) is 0 Å². The van der Waals surface area contributed by atoms with Crippen molar-refractivity contribution in [2.75, 3.05) is 0 Å². The van der Waals surface area contributed by atoms with E-state index in [1.54, 1.807) is 0 Å². The fourth-order valence-corrected chi connectivity index (χ4v) is 1.76. The highest BCUT2D eigenvalue weighted by atomic mass is 79.9. The zero-order valence-corrected chi connectivity index (χ0v) is 7.50. The fraction of sp³-hybridized carbons (Fsp3) is 0.375. The molecule has 0 spiro atoms. The first-order chi connectivity index (χ1) is 5.27. The Labute approximate surface area is 73.4 Å². The summed E-state index contributed by atoms with van der Waals surface area (Å²) in [7, 11) is 0. The first-order valence-electron chi connectivity index (χ1n) is 3.61. The lowest BCUT2D eigenvalue weighted by molar-refractivity contribution is 0.180. The Bertz CT molecular complexity index is 287. The summed E-state index contributed by atoms with van der Waals surface area (Å²) in [4.78, 5) is 4.26. The van der Waals surface area contributed by atoms with Crippen LogP contribution >= 0.6 is 15.9 Å². The number of aryl methyl sites for hydroxylation is 1. The first-order valence-corrected chi connectivity index (χ1v) is 4.40. The minimum Gasteiger partial charge on any atom is -0.388 e. The van der Waals surface area contributed by atoms with Crippen molar-refractivity contribution < 1.29 is 5.11 Å². The highest BCUT2D eigenvalue weighted by Crippen LogP contribution is 2.30. The van der Waals surface area contributed by atoms with Gasteiger partial charge < -0.3 is 5.11 Å². The summed E-state index contributed by atoms with van der Waals surface area (Å²) in [6, 6.07) is 3.80. The van der Waals surface area contributed by atoms with Crippen LogP contribution in [0.2, 0.25) is 0 Å². The second kappa shape index (κ2) is 2.57. The van der Waals surface area contributed by atoms with Crippen LogP contribution in [0, 0.1) is 0 Å². The molecule has 0 saturated carbocycles. The van der Waals surface area contributed by atoms with Gasteiger partial charge in [0.25, 0.3) is 0 Å². The van der Waals surface area contributed by atoms with Gasteiger partial charge in [-0.2, -0.15) is 0 Å². The molecule has 0 aliphatic heterocycles. The van der Waals surface area contributed by atoms with E-state index < -0.39 is 0 Å². The largest absolute Gasteiger partial charge is 0.388 e. The Balaban J connectivity index is 2.50. The van der Waals surface area contributed by atoms with Gasteiger partial charge in [-0.25, -0.2) is 4.98 Å². The molecule has 1 aromatic heterocycles. The molecule has 3 heteroatoms. The summed E-state index contributed by atoms with van der Waals surface area (Å²) >= 11 is 3.29. The summed E-state index contributed by atoms with van der Waals surface area (Å²) in [6.45, 7) is 0. The third-order valence-corrected chi connectivity index (χ3v) is 2.43. The number of pyridine rings is 1. The monoisotopic (exact) mass is 213 g/mol. The quantitative estimate of drug-likeness (QED) is 0.668. The molecule has 2 rings (SSSR count). The minimum absolute atomic E-state index is 0.286. The Morgan fingerprint density at radius 1 is 1.55 bits per heavy atom. The molecule has 0 aromatic carbocycles. The van der Waals surface area contributed by atoms with Crippen molar-refractivity contribution in [3.05, 3.63) is 28.0 Å². The lowest BCUT2D eigenvalue weighted by Crippen LogP contribution is -1.91. The van der Waals surface area contributed by atoms with Crippen molar-refractivity contribution in [3.8, 4) is 0 Å². The van der Waals surface area contributed by atoms with E-state index in [2.05, 4.69) is 20.9 Å². The Morgan fingerprint density at radius 2 is 2.36 bits per heavy atom. The van der Waals surface area contributed by atoms with Gasteiger partial charge in [-0.1, -0.05) is 6.07 Å². The van der Waals surface area contributed by atoms with E-state index in [1.165, 1.54) is 0 Å². The van der Waals surface area contributed by atoms with Gasteiger partial charge >= 0.3 is 0 Å². The first kappa shape index (κ1) is 7.25. The molecule has 0 fully saturated rings. The van der Waals surface area contributed by atoms with Crippen LogP contribution in [-0.2, 0) is 6.42 Å².